The Morgan fingerprint density at radius 3 is 2.62 bits per heavy atom. The van der Waals surface area contributed by atoms with Crippen molar-refractivity contribution >= 4 is 11.6 Å². The van der Waals surface area contributed by atoms with Gasteiger partial charge in [-0.15, -0.1) is 10.2 Å². The van der Waals surface area contributed by atoms with Crippen molar-refractivity contribution in [1.82, 2.24) is 10.2 Å². The first-order valence-corrected chi connectivity index (χ1v) is 9.12. The number of aromatic nitrogens is 2. The molecule has 1 amide bonds. The van der Waals surface area contributed by atoms with Gasteiger partial charge in [0.1, 0.15) is 5.75 Å². The Hall–Kier alpha value is -3.87. The Bertz CT molecular complexity index is 1090. The summed E-state index contributed by atoms with van der Waals surface area (Å²) >= 11 is 0. The molecule has 2 aromatic heterocycles. The minimum absolute atomic E-state index is 0.0697. The normalized spacial score (nSPS) is 10.7. The highest BCUT2D eigenvalue weighted by Gasteiger charge is 2.13. The van der Waals surface area contributed by atoms with Crippen LogP contribution in [0.5, 0.6) is 5.75 Å². The first-order chi connectivity index (χ1) is 14.2. The fourth-order valence-corrected chi connectivity index (χ4v) is 2.84. The molecule has 146 valence electrons. The molecule has 0 spiro atoms. The molecule has 1 N–H and O–H groups in total. The van der Waals surface area contributed by atoms with E-state index in [0.29, 0.717) is 41.6 Å². The number of nitrogens with one attached hydrogen (secondary N) is 1. The number of amides is 1. The van der Waals surface area contributed by atoms with Crippen LogP contribution in [0.4, 0.5) is 5.69 Å². The number of aryl methyl sites for hydroxylation is 1. The van der Waals surface area contributed by atoms with Gasteiger partial charge in [-0.2, -0.15) is 0 Å². The van der Waals surface area contributed by atoms with Crippen molar-refractivity contribution in [3.05, 3.63) is 72.5 Å². The van der Waals surface area contributed by atoms with Crippen LogP contribution >= 0.6 is 0 Å². The number of furan rings is 1. The maximum absolute atomic E-state index is 12.3. The minimum atomic E-state index is -0.0697. The average molecular weight is 389 g/mol. The Kier molecular flexibility index (Phi) is 5.38. The molecule has 0 radical (unpaired) electrons. The molecule has 7 heteroatoms. The van der Waals surface area contributed by atoms with Crippen molar-refractivity contribution in [3.63, 3.8) is 0 Å². The third-order valence-corrected chi connectivity index (χ3v) is 4.35. The van der Waals surface area contributed by atoms with Crippen LogP contribution in [0.15, 0.2) is 75.8 Å². The molecule has 4 aromatic rings. The van der Waals surface area contributed by atoms with Crippen LogP contribution in [0.1, 0.15) is 12.0 Å². The number of carbonyl (C=O) groups is 1. The highest BCUT2D eigenvalue weighted by molar-refractivity contribution is 5.91. The molecule has 0 saturated carbocycles. The van der Waals surface area contributed by atoms with Gasteiger partial charge in [-0.05, 0) is 54.4 Å². The maximum atomic E-state index is 12.3. The molecule has 0 unspecified atom stereocenters. The van der Waals surface area contributed by atoms with E-state index in [4.69, 9.17) is 13.6 Å². The zero-order valence-electron chi connectivity index (χ0n) is 15.8. The van der Waals surface area contributed by atoms with Gasteiger partial charge in [-0.3, -0.25) is 4.79 Å². The third kappa shape index (κ3) is 4.52. The fourth-order valence-electron chi connectivity index (χ4n) is 2.84. The lowest BCUT2D eigenvalue weighted by Gasteiger charge is -2.07. The fraction of sp³-hybridized carbons (Fsp3) is 0.136. The molecular formula is C22H19N3O4. The second kappa shape index (κ2) is 8.43. The molecule has 0 aliphatic heterocycles. The summed E-state index contributed by atoms with van der Waals surface area (Å²) in [5.74, 6) is 1.89. The summed E-state index contributed by atoms with van der Waals surface area (Å²) in [6.45, 7) is 0. The molecular weight excluding hydrogens is 370 g/mol. The van der Waals surface area contributed by atoms with E-state index in [1.165, 1.54) is 0 Å². The van der Waals surface area contributed by atoms with Gasteiger partial charge in [-0.25, -0.2) is 0 Å². The molecule has 29 heavy (non-hydrogen) atoms. The van der Waals surface area contributed by atoms with Gasteiger partial charge >= 0.3 is 0 Å². The molecule has 0 aliphatic rings. The van der Waals surface area contributed by atoms with E-state index in [1.807, 2.05) is 42.5 Å². The van der Waals surface area contributed by atoms with Gasteiger partial charge in [-0.1, -0.05) is 18.2 Å². The molecule has 0 bridgehead atoms. The summed E-state index contributed by atoms with van der Waals surface area (Å²) in [4.78, 5) is 12.3. The number of methoxy groups -OCH3 is 1. The molecule has 0 atom stereocenters. The van der Waals surface area contributed by atoms with Crippen molar-refractivity contribution in [2.45, 2.75) is 12.8 Å². The zero-order valence-corrected chi connectivity index (χ0v) is 15.8. The van der Waals surface area contributed by atoms with Crippen molar-refractivity contribution < 1.29 is 18.4 Å². The highest BCUT2D eigenvalue weighted by atomic mass is 16.5. The van der Waals surface area contributed by atoms with Crippen LogP contribution in [0.3, 0.4) is 0 Å². The van der Waals surface area contributed by atoms with Crippen molar-refractivity contribution in [2.75, 3.05) is 12.4 Å². The van der Waals surface area contributed by atoms with E-state index >= 15 is 0 Å². The number of nitrogens with zero attached hydrogens (tertiary/aromatic N) is 2. The summed E-state index contributed by atoms with van der Waals surface area (Å²) in [7, 11) is 1.63. The zero-order chi connectivity index (χ0) is 20.1. The van der Waals surface area contributed by atoms with E-state index in [0.717, 1.165) is 11.3 Å². The van der Waals surface area contributed by atoms with Gasteiger partial charge in [0.05, 0.1) is 13.4 Å². The Labute approximate surface area is 167 Å². The molecule has 0 saturated heterocycles. The first kappa shape index (κ1) is 18.5. The summed E-state index contributed by atoms with van der Waals surface area (Å²) in [6.07, 6.45) is 2.56. The van der Waals surface area contributed by atoms with Gasteiger partial charge in [0.15, 0.2) is 5.76 Å². The SMILES string of the molecule is COc1ccc(CCC(=O)Nc2cccc(-c3nnc(-c4ccco4)o3)c2)cc1. The first-order valence-electron chi connectivity index (χ1n) is 9.12. The molecule has 0 fully saturated rings. The van der Waals surface area contributed by atoms with Gasteiger partial charge in [0.2, 0.25) is 11.8 Å². The predicted octanol–water partition coefficient (Wildman–Crippen LogP) is 4.58. The molecule has 2 aromatic carbocycles. The number of rotatable bonds is 7. The average Bonchev–Trinajstić information content (AvgIpc) is 3.44. The predicted molar refractivity (Wildman–Crippen MR) is 107 cm³/mol. The van der Waals surface area contributed by atoms with Crippen LogP contribution < -0.4 is 10.1 Å². The minimum Gasteiger partial charge on any atom is -0.497 e. The number of hydrogen-bond donors (Lipinski definition) is 1. The quantitative estimate of drug-likeness (QED) is 0.498. The molecule has 0 aliphatic carbocycles. The summed E-state index contributed by atoms with van der Waals surface area (Å²) in [6, 6.07) is 18.5. The number of benzene rings is 2. The second-order valence-corrected chi connectivity index (χ2v) is 6.37. The highest BCUT2D eigenvalue weighted by Crippen LogP contribution is 2.26. The monoisotopic (exact) mass is 389 g/mol. The summed E-state index contributed by atoms with van der Waals surface area (Å²) < 4.78 is 16.1. The van der Waals surface area contributed by atoms with Crippen LogP contribution in [-0.2, 0) is 11.2 Å². The Balaban J connectivity index is 1.38. The van der Waals surface area contributed by atoms with Crippen molar-refractivity contribution in [1.29, 1.82) is 0 Å². The van der Waals surface area contributed by atoms with Crippen molar-refractivity contribution in [2.24, 2.45) is 0 Å². The molecule has 2 heterocycles. The number of hydrogen-bond acceptors (Lipinski definition) is 6. The van der Waals surface area contributed by atoms with Crippen LogP contribution in [0, 0.1) is 0 Å². The van der Waals surface area contributed by atoms with Gasteiger partial charge in [0, 0.05) is 17.7 Å². The van der Waals surface area contributed by atoms with Crippen LogP contribution in [0.25, 0.3) is 23.1 Å². The third-order valence-electron chi connectivity index (χ3n) is 4.35. The van der Waals surface area contributed by atoms with E-state index in [-0.39, 0.29) is 5.91 Å². The smallest absolute Gasteiger partial charge is 0.283 e. The maximum Gasteiger partial charge on any atom is 0.283 e. The second-order valence-electron chi connectivity index (χ2n) is 6.37. The number of carbonyl (C=O) groups excluding carboxylic acids is 1. The summed E-state index contributed by atoms with van der Waals surface area (Å²) in [5, 5.41) is 11.0. The lowest BCUT2D eigenvalue weighted by Crippen LogP contribution is -2.12. The standard InChI is InChI=1S/C22H19N3O4/c1-27-18-10-7-15(8-11-18)9-12-20(26)23-17-5-2-4-16(14-17)21-24-25-22(29-21)19-6-3-13-28-19/h2-8,10-11,13-14H,9,12H2,1H3,(H,23,26). The van der Waals surface area contributed by atoms with Crippen molar-refractivity contribution in [3.8, 4) is 28.9 Å². The Morgan fingerprint density at radius 1 is 1.03 bits per heavy atom. The lowest BCUT2D eigenvalue weighted by atomic mass is 10.1. The number of ether oxygens (including phenoxy) is 1. The van der Waals surface area contributed by atoms with E-state index in [1.54, 1.807) is 31.6 Å². The molecule has 4 rings (SSSR count). The van der Waals surface area contributed by atoms with Crippen LogP contribution in [0.2, 0.25) is 0 Å². The van der Waals surface area contributed by atoms with Gasteiger partial charge in [0.25, 0.3) is 5.89 Å². The molecule has 7 nitrogen and oxygen atoms in total. The topological polar surface area (TPSA) is 90.4 Å². The summed E-state index contributed by atoms with van der Waals surface area (Å²) in [5.41, 5.74) is 2.45. The largest absolute Gasteiger partial charge is 0.497 e. The van der Waals surface area contributed by atoms with E-state index in [9.17, 15) is 4.79 Å². The Morgan fingerprint density at radius 2 is 1.86 bits per heavy atom. The van der Waals surface area contributed by atoms with E-state index < -0.39 is 0 Å². The lowest BCUT2D eigenvalue weighted by molar-refractivity contribution is -0.116. The van der Waals surface area contributed by atoms with E-state index in [2.05, 4.69) is 15.5 Å². The van der Waals surface area contributed by atoms with Crippen LogP contribution in [-0.4, -0.2) is 23.2 Å². The van der Waals surface area contributed by atoms with Gasteiger partial charge < -0.3 is 18.9 Å². The number of anilines is 1.